The molecule has 0 spiro atoms. The summed E-state index contributed by atoms with van der Waals surface area (Å²) in [5, 5.41) is 0. The van der Waals surface area contributed by atoms with Gasteiger partial charge in [0, 0.05) is 4.95 Å². The first-order chi connectivity index (χ1) is 5.97. The molecule has 0 aliphatic heterocycles. The van der Waals surface area contributed by atoms with Crippen LogP contribution in [0.25, 0.3) is 0 Å². The van der Waals surface area contributed by atoms with Crippen molar-refractivity contribution in [3.63, 3.8) is 0 Å². The van der Waals surface area contributed by atoms with Gasteiger partial charge in [-0.2, -0.15) is 0 Å². The quantitative estimate of drug-likeness (QED) is 0.569. The van der Waals surface area contributed by atoms with Crippen LogP contribution in [0.2, 0.25) is 45.8 Å². The molecule has 0 N–H and O–H groups in total. The number of hydrogen-bond donors (Lipinski definition) is 0. The Morgan fingerprint density at radius 2 is 1.07 bits per heavy atom. The van der Waals surface area contributed by atoms with Crippen molar-refractivity contribution in [3.8, 4) is 0 Å². The minimum absolute atomic E-state index is 0.870. The van der Waals surface area contributed by atoms with Gasteiger partial charge in [-0.1, -0.05) is 15.9 Å². The SMILES string of the molecule is C[Si](C)(C)O[Si](C)(CBr)O[Si](C)(C)C. The average molecular weight is 315 g/mol. The van der Waals surface area contributed by atoms with Gasteiger partial charge in [0.1, 0.15) is 0 Å². The van der Waals surface area contributed by atoms with E-state index in [0.717, 1.165) is 4.95 Å². The van der Waals surface area contributed by atoms with E-state index in [9.17, 15) is 0 Å². The third-order valence-corrected chi connectivity index (χ3v) is 13.2. The lowest BCUT2D eigenvalue weighted by Gasteiger charge is -2.37. The van der Waals surface area contributed by atoms with Crippen molar-refractivity contribution in [2.45, 2.75) is 45.8 Å². The maximum Gasteiger partial charge on any atom is 0.325 e. The Morgan fingerprint density at radius 3 is 1.21 bits per heavy atom. The van der Waals surface area contributed by atoms with Crippen LogP contribution in [0.15, 0.2) is 0 Å². The summed E-state index contributed by atoms with van der Waals surface area (Å²) in [7, 11) is -4.92. The summed E-state index contributed by atoms with van der Waals surface area (Å²) in [4.78, 5) is 0.870. The Kier molecular flexibility index (Phi) is 5.29. The van der Waals surface area contributed by atoms with Gasteiger partial charge in [0.15, 0.2) is 16.6 Å². The zero-order valence-electron chi connectivity index (χ0n) is 10.4. The van der Waals surface area contributed by atoms with Gasteiger partial charge in [0.2, 0.25) is 0 Å². The van der Waals surface area contributed by atoms with Gasteiger partial charge in [-0.05, 0) is 45.8 Å². The molecule has 0 atom stereocenters. The van der Waals surface area contributed by atoms with Crippen LogP contribution in [-0.2, 0) is 8.23 Å². The molecule has 0 aliphatic rings. The average Bonchev–Trinajstić information content (AvgIpc) is 1.78. The molecule has 0 bridgehead atoms. The van der Waals surface area contributed by atoms with Crippen LogP contribution in [0.1, 0.15) is 0 Å². The van der Waals surface area contributed by atoms with Gasteiger partial charge in [-0.25, -0.2) is 0 Å². The highest BCUT2D eigenvalue weighted by Gasteiger charge is 2.39. The molecule has 0 heterocycles. The predicted molar refractivity (Wildman–Crippen MR) is 74.3 cm³/mol. The second kappa shape index (κ2) is 4.92. The van der Waals surface area contributed by atoms with Gasteiger partial charge in [-0.15, -0.1) is 0 Å². The van der Waals surface area contributed by atoms with E-state index in [4.69, 9.17) is 8.23 Å². The van der Waals surface area contributed by atoms with Crippen LogP contribution in [0, 0.1) is 0 Å². The first-order valence-electron chi connectivity index (χ1n) is 4.94. The second-order valence-corrected chi connectivity index (χ2v) is 20.0. The summed E-state index contributed by atoms with van der Waals surface area (Å²) in [6.45, 7) is 15.5. The summed E-state index contributed by atoms with van der Waals surface area (Å²) in [5.41, 5.74) is 0. The molecule has 2 nitrogen and oxygen atoms in total. The molecular formula is C8H23BrO2Si3. The van der Waals surface area contributed by atoms with E-state index in [1.807, 2.05) is 0 Å². The van der Waals surface area contributed by atoms with Gasteiger partial charge in [0.05, 0.1) is 0 Å². The van der Waals surface area contributed by atoms with E-state index in [1.54, 1.807) is 0 Å². The molecule has 0 aromatic heterocycles. The fraction of sp³-hybridized carbons (Fsp3) is 1.00. The van der Waals surface area contributed by atoms with E-state index in [1.165, 1.54) is 0 Å². The lowest BCUT2D eigenvalue weighted by atomic mass is 11.8. The molecule has 0 aliphatic carbocycles. The zero-order valence-corrected chi connectivity index (χ0v) is 15.0. The van der Waals surface area contributed by atoms with Crippen molar-refractivity contribution >= 4 is 41.1 Å². The molecular weight excluding hydrogens is 292 g/mol. The standard InChI is InChI=1S/C8H23BrO2Si3/c1-12(2,3)10-14(7,8-9)11-13(4,5)6/h8H2,1-7H3. The Bertz CT molecular complexity index is 170. The summed E-state index contributed by atoms with van der Waals surface area (Å²) in [5.74, 6) is 0. The molecule has 86 valence electrons. The van der Waals surface area contributed by atoms with Crippen LogP contribution in [0.5, 0.6) is 0 Å². The summed E-state index contributed by atoms with van der Waals surface area (Å²) >= 11 is 3.53. The minimum atomic E-state index is -1.95. The van der Waals surface area contributed by atoms with Crippen LogP contribution in [0.3, 0.4) is 0 Å². The molecule has 6 heteroatoms. The second-order valence-electron chi connectivity index (χ2n) is 5.70. The van der Waals surface area contributed by atoms with Gasteiger partial charge in [0.25, 0.3) is 0 Å². The molecule has 0 saturated carbocycles. The molecule has 0 fully saturated rings. The van der Waals surface area contributed by atoms with Crippen LogP contribution < -0.4 is 0 Å². The first kappa shape index (κ1) is 15.1. The fourth-order valence-electron chi connectivity index (χ4n) is 1.37. The summed E-state index contributed by atoms with van der Waals surface area (Å²) < 4.78 is 12.4. The minimum Gasteiger partial charge on any atom is -0.436 e. The Balaban J connectivity index is 4.49. The lowest BCUT2D eigenvalue weighted by Crippen LogP contribution is -2.54. The van der Waals surface area contributed by atoms with Crippen molar-refractivity contribution in [2.24, 2.45) is 0 Å². The topological polar surface area (TPSA) is 18.5 Å². The number of hydrogen-bond acceptors (Lipinski definition) is 2. The first-order valence-corrected chi connectivity index (χ1v) is 15.4. The van der Waals surface area contributed by atoms with Crippen molar-refractivity contribution in [1.29, 1.82) is 0 Å². The number of halogens is 1. The van der Waals surface area contributed by atoms with Crippen LogP contribution in [0.4, 0.5) is 0 Å². The third kappa shape index (κ3) is 7.36. The molecule has 0 rings (SSSR count). The molecule has 0 amide bonds. The monoisotopic (exact) mass is 314 g/mol. The smallest absolute Gasteiger partial charge is 0.325 e. The highest BCUT2D eigenvalue weighted by atomic mass is 79.9. The fourth-order valence-corrected chi connectivity index (χ4v) is 14.8. The highest BCUT2D eigenvalue weighted by Crippen LogP contribution is 2.21. The largest absolute Gasteiger partial charge is 0.436 e. The van der Waals surface area contributed by atoms with Crippen molar-refractivity contribution < 1.29 is 8.23 Å². The maximum atomic E-state index is 6.19. The molecule has 0 aromatic carbocycles. The molecule has 0 unspecified atom stereocenters. The molecule has 0 aromatic rings. The van der Waals surface area contributed by atoms with Crippen molar-refractivity contribution in [1.82, 2.24) is 0 Å². The lowest BCUT2D eigenvalue weighted by molar-refractivity contribution is 0.394. The van der Waals surface area contributed by atoms with E-state index in [-0.39, 0.29) is 0 Å². The molecule has 14 heavy (non-hydrogen) atoms. The predicted octanol–water partition coefficient (Wildman–Crippen LogP) is 3.70. The number of alkyl halides is 1. The van der Waals surface area contributed by atoms with Gasteiger partial charge >= 0.3 is 8.56 Å². The zero-order chi connectivity index (χ0) is 11.6. The maximum absolute atomic E-state index is 6.19. The van der Waals surface area contributed by atoms with E-state index in [0.29, 0.717) is 0 Å². The van der Waals surface area contributed by atoms with E-state index >= 15 is 0 Å². The highest BCUT2D eigenvalue weighted by molar-refractivity contribution is 9.09. The van der Waals surface area contributed by atoms with Crippen molar-refractivity contribution in [2.75, 3.05) is 4.95 Å². The van der Waals surface area contributed by atoms with Gasteiger partial charge < -0.3 is 8.23 Å². The number of rotatable bonds is 5. The van der Waals surface area contributed by atoms with Crippen LogP contribution >= 0.6 is 15.9 Å². The van der Waals surface area contributed by atoms with E-state index < -0.39 is 25.2 Å². The summed E-state index contributed by atoms with van der Waals surface area (Å²) in [6, 6.07) is 0. The normalized spacial score (nSPS) is 14.6. The third-order valence-electron chi connectivity index (χ3n) is 1.29. The van der Waals surface area contributed by atoms with Crippen LogP contribution in [-0.4, -0.2) is 30.1 Å². The Labute approximate surface area is 100 Å². The molecule has 0 radical (unpaired) electrons. The summed E-state index contributed by atoms with van der Waals surface area (Å²) in [6.07, 6.45) is 0. The van der Waals surface area contributed by atoms with Gasteiger partial charge in [-0.3, -0.25) is 0 Å². The Morgan fingerprint density at radius 1 is 0.786 bits per heavy atom. The molecule has 0 saturated heterocycles. The van der Waals surface area contributed by atoms with Crippen molar-refractivity contribution in [3.05, 3.63) is 0 Å². The van der Waals surface area contributed by atoms with E-state index in [2.05, 4.69) is 61.8 Å². The Hall–Kier alpha value is 1.05.